The lowest BCUT2D eigenvalue weighted by Crippen LogP contribution is -2.55. The Morgan fingerprint density at radius 3 is 2.85 bits per heavy atom. The number of urea groups is 1. The fourth-order valence-electron chi connectivity index (χ4n) is 1.08. The maximum Gasteiger partial charge on any atom is 0.334 e. The van der Waals surface area contributed by atoms with Crippen LogP contribution in [0.4, 0.5) is 4.79 Å². The van der Waals surface area contributed by atoms with E-state index in [9.17, 15) is 4.79 Å². The van der Waals surface area contributed by atoms with E-state index >= 15 is 0 Å². The summed E-state index contributed by atoms with van der Waals surface area (Å²) in [6.45, 7) is 6.67. The lowest BCUT2D eigenvalue weighted by Gasteiger charge is -2.32. The molecule has 76 valence electrons. The number of nitrogens with one attached hydrogen (secondary N) is 1. The molecule has 13 heavy (non-hydrogen) atoms. The van der Waals surface area contributed by atoms with Gasteiger partial charge in [-0.1, -0.05) is 13.8 Å². The van der Waals surface area contributed by atoms with Gasteiger partial charge in [-0.25, -0.2) is 15.6 Å². The van der Waals surface area contributed by atoms with Crippen molar-refractivity contribution in [1.82, 2.24) is 10.3 Å². The zero-order valence-electron chi connectivity index (χ0n) is 8.33. The first-order chi connectivity index (χ1) is 5.96. The van der Waals surface area contributed by atoms with Crippen LogP contribution in [-0.4, -0.2) is 29.9 Å². The number of carbonyl (C=O) groups excluding carboxylic acids is 1. The summed E-state index contributed by atoms with van der Waals surface area (Å²) >= 11 is 0. The monoisotopic (exact) mass is 187 g/mol. The molecule has 2 amide bonds. The molecule has 0 spiro atoms. The van der Waals surface area contributed by atoms with Crippen LogP contribution in [0, 0.1) is 5.92 Å². The number of ether oxygens (including phenoxy) is 1. The minimum atomic E-state index is -0.328. The predicted molar refractivity (Wildman–Crippen MR) is 48.6 cm³/mol. The summed E-state index contributed by atoms with van der Waals surface area (Å²) in [6.07, 6.45) is 0. The highest BCUT2D eigenvalue weighted by Crippen LogP contribution is 2.18. The molecule has 1 aliphatic heterocycles. The number of carbonyl (C=O) groups is 1. The van der Waals surface area contributed by atoms with Gasteiger partial charge in [0, 0.05) is 0 Å². The molecule has 1 fully saturated rings. The Labute approximate surface area is 78.2 Å². The summed E-state index contributed by atoms with van der Waals surface area (Å²) in [5.74, 6) is 5.70. The topological polar surface area (TPSA) is 67.6 Å². The Morgan fingerprint density at radius 1 is 1.69 bits per heavy atom. The molecule has 0 aromatic rings. The van der Waals surface area contributed by atoms with E-state index in [1.807, 2.05) is 20.8 Å². The smallest absolute Gasteiger partial charge is 0.334 e. The molecule has 1 rings (SSSR count). The number of nitrogens with zero attached hydrogens (tertiary/aromatic N) is 1. The first-order valence-electron chi connectivity index (χ1n) is 4.38. The van der Waals surface area contributed by atoms with Crippen molar-refractivity contribution in [3.05, 3.63) is 0 Å². The number of amides is 2. The quantitative estimate of drug-likeness (QED) is 0.457. The molecule has 1 saturated heterocycles. The average Bonchev–Trinajstić information content (AvgIpc) is 2.14. The Kier molecular flexibility index (Phi) is 2.77. The standard InChI is InChI=1S/C8H17N3O2/c1-6(2)8(3)4-13-5-11(9)7(12)10-8/h6H,4-5,9H2,1-3H3,(H,10,12). The summed E-state index contributed by atoms with van der Waals surface area (Å²) in [7, 11) is 0. The van der Waals surface area contributed by atoms with Crippen LogP contribution >= 0.6 is 0 Å². The van der Waals surface area contributed by atoms with E-state index in [-0.39, 0.29) is 18.3 Å². The van der Waals surface area contributed by atoms with Crippen LogP contribution < -0.4 is 11.2 Å². The molecule has 1 heterocycles. The molecule has 1 unspecified atom stereocenters. The minimum Gasteiger partial charge on any atom is -0.357 e. The van der Waals surface area contributed by atoms with Crippen molar-refractivity contribution in [3.8, 4) is 0 Å². The zero-order chi connectivity index (χ0) is 10.1. The van der Waals surface area contributed by atoms with Crippen molar-refractivity contribution in [1.29, 1.82) is 0 Å². The molecule has 5 nitrogen and oxygen atoms in total. The average molecular weight is 187 g/mol. The summed E-state index contributed by atoms with van der Waals surface area (Å²) in [6, 6.07) is -0.284. The number of rotatable bonds is 1. The van der Waals surface area contributed by atoms with Crippen molar-refractivity contribution in [3.63, 3.8) is 0 Å². The first kappa shape index (κ1) is 10.3. The Morgan fingerprint density at radius 2 is 2.31 bits per heavy atom. The highest BCUT2D eigenvalue weighted by Gasteiger charge is 2.34. The van der Waals surface area contributed by atoms with Gasteiger partial charge >= 0.3 is 6.03 Å². The van der Waals surface area contributed by atoms with E-state index in [2.05, 4.69) is 5.32 Å². The van der Waals surface area contributed by atoms with Crippen molar-refractivity contribution >= 4 is 6.03 Å². The van der Waals surface area contributed by atoms with Gasteiger partial charge in [0.15, 0.2) is 0 Å². The second-order valence-corrected chi connectivity index (χ2v) is 3.95. The number of nitrogens with two attached hydrogens (primary N) is 1. The van der Waals surface area contributed by atoms with Crippen molar-refractivity contribution < 1.29 is 9.53 Å². The van der Waals surface area contributed by atoms with Gasteiger partial charge in [-0.15, -0.1) is 0 Å². The van der Waals surface area contributed by atoms with Crippen molar-refractivity contribution in [2.75, 3.05) is 13.3 Å². The first-order valence-corrected chi connectivity index (χ1v) is 4.38. The van der Waals surface area contributed by atoms with Gasteiger partial charge in [0.2, 0.25) is 0 Å². The van der Waals surface area contributed by atoms with Gasteiger partial charge in [-0.2, -0.15) is 0 Å². The van der Waals surface area contributed by atoms with Gasteiger partial charge in [0.05, 0.1) is 12.1 Å². The van der Waals surface area contributed by atoms with E-state index in [0.717, 1.165) is 5.01 Å². The van der Waals surface area contributed by atoms with Gasteiger partial charge in [-0.3, -0.25) is 0 Å². The normalized spacial score (nSPS) is 30.2. The van der Waals surface area contributed by atoms with Crippen LogP contribution in [0.5, 0.6) is 0 Å². The lowest BCUT2D eigenvalue weighted by atomic mass is 9.89. The zero-order valence-corrected chi connectivity index (χ0v) is 8.33. The Balaban J connectivity index is 2.74. The number of hydrogen-bond donors (Lipinski definition) is 2. The molecule has 3 N–H and O–H groups in total. The van der Waals surface area contributed by atoms with E-state index in [1.165, 1.54) is 0 Å². The Bertz CT molecular complexity index is 208. The molecular weight excluding hydrogens is 170 g/mol. The Hall–Kier alpha value is -0.810. The fourth-order valence-corrected chi connectivity index (χ4v) is 1.08. The van der Waals surface area contributed by atoms with Crippen molar-refractivity contribution in [2.45, 2.75) is 26.3 Å². The van der Waals surface area contributed by atoms with Crippen LogP contribution in [0.15, 0.2) is 0 Å². The van der Waals surface area contributed by atoms with Gasteiger partial charge in [0.1, 0.15) is 6.73 Å². The highest BCUT2D eigenvalue weighted by atomic mass is 16.5. The summed E-state index contributed by atoms with van der Waals surface area (Å²) in [4.78, 5) is 11.3. The number of hydrazine groups is 1. The maximum absolute atomic E-state index is 11.3. The second-order valence-electron chi connectivity index (χ2n) is 3.95. The van der Waals surface area contributed by atoms with E-state index in [4.69, 9.17) is 10.6 Å². The molecule has 0 aliphatic carbocycles. The molecule has 1 aliphatic rings. The molecular formula is C8H17N3O2. The van der Waals surface area contributed by atoms with Crippen LogP contribution in [0.1, 0.15) is 20.8 Å². The third-order valence-corrected chi connectivity index (χ3v) is 2.56. The maximum atomic E-state index is 11.3. The predicted octanol–water partition coefficient (Wildman–Crippen LogP) is 0.274. The van der Waals surface area contributed by atoms with Gasteiger partial charge in [0.25, 0.3) is 0 Å². The van der Waals surface area contributed by atoms with Crippen LogP contribution in [0.25, 0.3) is 0 Å². The lowest BCUT2D eigenvalue weighted by molar-refractivity contribution is 0.0350. The fraction of sp³-hybridized carbons (Fsp3) is 0.875. The van der Waals surface area contributed by atoms with Crippen LogP contribution in [-0.2, 0) is 4.74 Å². The summed E-state index contributed by atoms with van der Waals surface area (Å²) in [5, 5.41) is 3.88. The molecule has 1 atom stereocenters. The molecule has 0 aromatic carbocycles. The molecule has 5 heteroatoms. The minimum absolute atomic E-state index is 0.147. The SMILES string of the molecule is CC(C)C1(C)COCN(N)C(=O)N1. The van der Waals surface area contributed by atoms with E-state index in [0.29, 0.717) is 12.5 Å². The largest absolute Gasteiger partial charge is 0.357 e. The summed E-state index contributed by atoms with van der Waals surface area (Å²) in [5.41, 5.74) is -0.328. The molecule has 0 radical (unpaired) electrons. The van der Waals surface area contributed by atoms with Crippen molar-refractivity contribution in [2.24, 2.45) is 11.8 Å². The van der Waals surface area contributed by atoms with E-state index < -0.39 is 0 Å². The molecule has 0 saturated carbocycles. The highest BCUT2D eigenvalue weighted by molar-refractivity contribution is 5.74. The van der Waals surface area contributed by atoms with Crippen LogP contribution in [0.3, 0.4) is 0 Å². The molecule has 0 bridgehead atoms. The van der Waals surface area contributed by atoms with Gasteiger partial charge in [-0.05, 0) is 12.8 Å². The van der Waals surface area contributed by atoms with Gasteiger partial charge < -0.3 is 10.1 Å². The number of hydrogen-bond acceptors (Lipinski definition) is 3. The van der Waals surface area contributed by atoms with Crippen LogP contribution in [0.2, 0.25) is 0 Å². The third-order valence-electron chi connectivity index (χ3n) is 2.56. The second kappa shape index (κ2) is 3.51. The van der Waals surface area contributed by atoms with E-state index in [1.54, 1.807) is 0 Å². The molecule has 0 aromatic heterocycles. The summed E-state index contributed by atoms with van der Waals surface area (Å²) < 4.78 is 5.27. The third kappa shape index (κ3) is 2.10.